The minimum atomic E-state index is -5.08. The maximum Gasteiger partial charge on any atom is 0.490 e. The first-order chi connectivity index (χ1) is 23.6. The highest BCUT2D eigenvalue weighted by Crippen LogP contribution is 2.49. The summed E-state index contributed by atoms with van der Waals surface area (Å²) in [5.41, 5.74) is -0.0883. The van der Waals surface area contributed by atoms with E-state index in [0.717, 1.165) is 30.2 Å². The van der Waals surface area contributed by atoms with Crippen molar-refractivity contribution in [3.05, 3.63) is 87.9 Å². The first-order valence-corrected chi connectivity index (χ1v) is 17.8. The molecule has 11 nitrogen and oxygen atoms in total. The summed E-state index contributed by atoms with van der Waals surface area (Å²) in [4.78, 5) is 37.6. The molecule has 1 fully saturated rings. The second-order valence-electron chi connectivity index (χ2n) is 11.5. The van der Waals surface area contributed by atoms with Crippen molar-refractivity contribution < 1.29 is 41.1 Å². The molecule has 0 radical (unpaired) electrons. The summed E-state index contributed by atoms with van der Waals surface area (Å²) in [5.74, 6) is -3.17. The number of carbonyl (C=O) groups is 3. The van der Waals surface area contributed by atoms with Gasteiger partial charge < -0.3 is 20.6 Å². The zero-order valence-corrected chi connectivity index (χ0v) is 29.4. The van der Waals surface area contributed by atoms with E-state index in [-0.39, 0.29) is 22.5 Å². The Morgan fingerprint density at radius 1 is 1.00 bits per heavy atom. The van der Waals surface area contributed by atoms with Crippen molar-refractivity contribution in [1.29, 1.82) is 0 Å². The second kappa shape index (κ2) is 16.0. The van der Waals surface area contributed by atoms with E-state index in [1.54, 1.807) is 47.4 Å². The van der Waals surface area contributed by atoms with Gasteiger partial charge in [0.15, 0.2) is 5.54 Å². The van der Waals surface area contributed by atoms with E-state index in [2.05, 4.69) is 16.0 Å². The number of urea groups is 1. The van der Waals surface area contributed by atoms with Gasteiger partial charge in [-0.2, -0.15) is 13.2 Å². The highest BCUT2D eigenvalue weighted by Gasteiger charge is 2.57. The third-order valence-corrected chi connectivity index (χ3v) is 10.7. The average Bonchev–Trinajstić information content (AvgIpc) is 3.32. The zero-order chi connectivity index (χ0) is 36.9. The lowest BCUT2D eigenvalue weighted by atomic mass is 9.82. The van der Waals surface area contributed by atoms with Crippen LogP contribution in [0.3, 0.4) is 0 Å². The van der Waals surface area contributed by atoms with Crippen molar-refractivity contribution in [2.24, 2.45) is 5.92 Å². The lowest BCUT2D eigenvalue weighted by Crippen LogP contribution is -2.54. The van der Waals surface area contributed by atoms with Crippen molar-refractivity contribution >= 4 is 62.5 Å². The van der Waals surface area contributed by atoms with Crippen molar-refractivity contribution in [3.8, 4) is 0 Å². The maximum atomic E-state index is 14.7. The fourth-order valence-electron chi connectivity index (χ4n) is 5.81. The molecule has 17 heteroatoms. The van der Waals surface area contributed by atoms with Gasteiger partial charge in [0.05, 0.1) is 10.6 Å². The van der Waals surface area contributed by atoms with Gasteiger partial charge in [-0.15, -0.1) is 0 Å². The van der Waals surface area contributed by atoms with E-state index in [1.807, 2.05) is 13.8 Å². The van der Waals surface area contributed by atoms with Gasteiger partial charge in [-0.25, -0.2) is 22.3 Å². The molecule has 270 valence electrons. The molecule has 1 atom stereocenters. The largest absolute Gasteiger partial charge is 0.490 e. The van der Waals surface area contributed by atoms with Crippen LogP contribution in [-0.2, 0) is 25.2 Å². The van der Waals surface area contributed by atoms with Crippen LogP contribution in [0.15, 0.2) is 71.6 Å². The van der Waals surface area contributed by atoms with Gasteiger partial charge >= 0.3 is 18.2 Å². The number of carboxylic acid groups (broad SMARTS) is 1. The Labute approximate surface area is 297 Å². The van der Waals surface area contributed by atoms with E-state index in [0.29, 0.717) is 46.5 Å². The summed E-state index contributed by atoms with van der Waals surface area (Å²) in [5, 5.41) is 17.4. The number of halogens is 5. The van der Waals surface area contributed by atoms with Crippen LogP contribution in [-0.4, -0.2) is 75.2 Å². The highest BCUT2D eigenvalue weighted by molar-refractivity contribution is 7.93. The number of hydrogen-bond acceptors (Lipinski definition) is 7. The molecule has 3 amide bonds. The van der Waals surface area contributed by atoms with Gasteiger partial charge in [0, 0.05) is 39.9 Å². The lowest BCUT2D eigenvalue weighted by molar-refractivity contribution is -0.192. The molecule has 4 N–H and O–H groups in total. The number of rotatable bonds is 9. The van der Waals surface area contributed by atoms with Gasteiger partial charge in [-0.3, -0.25) is 10.1 Å². The maximum absolute atomic E-state index is 14.7. The fraction of sp³-hybridized carbons (Fsp3) is 0.364. The Morgan fingerprint density at radius 3 is 2.16 bits per heavy atom. The number of hydrogen-bond donors (Lipinski definition) is 4. The Balaban J connectivity index is 0.000000727. The Hall–Kier alpha value is -3.89. The molecule has 0 aromatic heterocycles. The number of piperidine rings is 1. The van der Waals surface area contributed by atoms with Crippen LogP contribution in [0.2, 0.25) is 10.0 Å². The molecular weight excluding hydrogens is 722 g/mol. The summed E-state index contributed by atoms with van der Waals surface area (Å²) in [6.07, 6.45) is -3.25. The third-order valence-electron chi connectivity index (χ3n) is 8.42. The molecule has 3 aromatic rings. The van der Waals surface area contributed by atoms with Gasteiger partial charge in [-0.1, -0.05) is 41.4 Å². The van der Waals surface area contributed by atoms with Crippen LogP contribution in [0.5, 0.6) is 0 Å². The van der Waals surface area contributed by atoms with Crippen molar-refractivity contribution in [2.45, 2.75) is 43.3 Å². The standard InChI is InChI=1S/C31H35Cl2N5O4S.C2HF3O2/c1-3-37(4-2)30(40)36-23-10-12-24(13-11-23)43(41,42)38-28-14-9-22(32)19-26(28)31(29(38)39,25-7-5-6-8-27(25)33)35-20-21-15-17-34-18-16-21;3-2(4,5)1(6)7/h5-14,19,21,34-35H,3-4,15-18,20H2,1-2H3,(H,36,40);(H,6,7). The van der Waals surface area contributed by atoms with Crippen molar-refractivity contribution in [1.82, 2.24) is 15.5 Å². The number of carboxylic acids is 1. The Bertz CT molecular complexity index is 1820. The average molecular weight is 759 g/mol. The van der Waals surface area contributed by atoms with Crippen LogP contribution in [0, 0.1) is 5.92 Å². The molecule has 0 bridgehead atoms. The number of nitrogens with one attached hydrogen (secondary N) is 3. The molecule has 50 heavy (non-hydrogen) atoms. The molecule has 3 aromatic carbocycles. The SMILES string of the molecule is CCN(CC)C(=O)Nc1ccc(S(=O)(=O)N2C(=O)C(NCC3CCNCC3)(c3ccccc3Cl)c3cc(Cl)ccc32)cc1.O=C(O)C(F)(F)F. The van der Waals surface area contributed by atoms with Crippen molar-refractivity contribution in [2.75, 3.05) is 42.3 Å². The van der Waals surface area contributed by atoms with E-state index >= 15 is 0 Å². The summed E-state index contributed by atoms with van der Waals surface area (Å²) in [6.45, 7) is 7.03. The topological polar surface area (TPSA) is 148 Å². The van der Waals surface area contributed by atoms with E-state index in [9.17, 15) is 31.2 Å². The molecule has 2 aliphatic rings. The minimum Gasteiger partial charge on any atom is -0.475 e. The predicted octanol–water partition coefficient (Wildman–Crippen LogP) is 6.07. The van der Waals surface area contributed by atoms with E-state index in [1.165, 1.54) is 24.3 Å². The van der Waals surface area contributed by atoms with Crippen LogP contribution in [0.1, 0.15) is 37.8 Å². The summed E-state index contributed by atoms with van der Waals surface area (Å²) in [6, 6.07) is 17.2. The highest BCUT2D eigenvalue weighted by atomic mass is 35.5. The van der Waals surface area contributed by atoms with Crippen molar-refractivity contribution in [3.63, 3.8) is 0 Å². The van der Waals surface area contributed by atoms with E-state index in [4.69, 9.17) is 33.1 Å². The molecule has 2 aliphatic heterocycles. The first-order valence-electron chi connectivity index (χ1n) is 15.6. The summed E-state index contributed by atoms with van der Waals surface area (Å²) < 4.78 is 61.1. The number of alkyl halides is 3. The monoisotopic (exact) mass is 757 g/mol. The van der Waals surface area contributed by atoms with Crippen LogP contribution in [0.4, 0.5) is 29.3 Å². The van der Waals surface area contributed by atoms with Crippen LogP contribution >= 0.6 is 23.2 Å². The number of anilines is 2. The number of sulfonamides is 1. The molecule has 5 rings (SSSR count). The molecule has 2 heterocycles. The number of nitrogens with zero attached hydrogens (tertiary/aromatic N) is 2. The Morgan fingerprint density at radius 2 is 1.60 bits per heavy atom. The second-order valence-corrected chi connectivity index (χ2v) is 14.1. The number of amides is 3. The quantitative estimate of drug-likeness (QED) is 0.206. The Kier molecular flexibility index (Phi) is 12.4. The van der Waals surface area contributed by atoms with Gasteiger partial charge in [-0.05, 0) is 101 Å². The smallest absolute Gasteiger partial charge is 0.475 e. The van der Waals surface area contributed by atoms with Gasteiger partial charge in [0.25, 0.3) is 15.9 Å². The molecule has 1 saturated heterocycles. The molecule has 0 saturated carbocycles. The molecule has 1 unspecified atom stereocenters. The number of benzene rings is 3. The van der Waals surface area contributed by atoms with Gasteiger partial charge in [0.2, 0.25) is 0 Å². The van der Waals surface area contributed by atoms with E-state index < -0.39 is 33.6 Å². The number of fused-ring (bicyclic) bond motifs is 1. The number of carbonyl (C=O) groups excluding carboxylic acids is 2. The fourth-order valence-corrected chi connectivity index (χ4v) is 7.72. The molecule has 0 spiro atoms. The lowest BCUT2D eigenvalue weighted by Gasteiger charge is -2.34. The predicted molar refractivity (Wildman–Crippen MR) is 184 cm³/mol. The first kappa shape index (κ1) is 38.9. The summed E-state index contributed by atoms with van der Waals surface area (Å²) in [7, 11) is -4.40. The normalized spacial score (nSPS) is 17.8. The molecular formula is C33H36Cl2F3N5O6S. The minimum absolute atomic E-state index is 0.101. The van der Waals surface area contributed by atoms with Crippen LogP contribution in [0.25, 0.3) is 0 Å². The molecule has 0 aliphatic carbocycles. The zero-order valence-electron chi connectivity index (χ0n) is 27.1. The van der Waals surface area contributed by atoms with Gasteiger partial charge in [0.1, 0.15) is 0 Å². The van der Waals surface area contributed by atoms with Crippen LogP contribution < -0.4 is 20.3 Å². The number of aliphatic carboxylic acids is 1. The summed E-state index contributed by atoms with van der Waals surface area (Å²) >= 11 is 13.2. The third kappa shape index (κ3) is 8.18.